The van der Waals surface area contributed by atoms with Crippen molar-refractivity contribution in [2.45, 2.75) is 31.8 Å². The second kappa shape index (κ2) is 10.7. The summed E-state index contributed by atoms with van der Waals surface area (Å²) < 4.78 is 0. The fraction of sp³-hybridized carbons (Fsp3) is 0.286. The van der Waals surface area contributed by atoms with Gasteiger partial charge in [0, 0.05) is 13.1 Å². The molecule has 0 aliphatic heterocycles. The Morgan fingerprint density at radius 3 is 2.24 bits per heavy atom. The van der Waals surface area contributed by atoms with Gasteiger partial charge in [0.2, 0.25) is 5.91 Å². The first kappa shape index (κ1) is 21.7. The van der Waals surface area contributed by atoms with E-state index in [1.54, 1.807) is 12.1 Å². The third-order valence-corrected chi connectivity index (χ3v) is 4.40. The predicted octanol–water partition coefficient (Wildman–Crippen LogP) is 1.47. The molecule has 6 N–H and O–H groups in total. The molecule has 0 heterocycles. The highest BCUT2D eigenvalue weighted by Gasteiger charge is 2.29. The summed E-state index contributed by atoms with van der Waals surface area (Å²) in [5, 5.41) is 19.2. The molecular weight excluding hydrogens is 372 g/mol. The van der Waals surface area contributed by atoms with E-state index in [1.807, 2.05) is 30.3 Å². The van der Waals surface area contributed by atoms with Crippen LogP contribution in [0, 0.1) is 0 Å². The maximum atomic E-state index is 13.0. The van der Waals surface area contributed by atoms with Crippen molar-refractivity contribution in [1.29, 1.82) is 0 Å². The number of aliphatic carboxylic acids is 1. The summed E-state index contributed by atoms with van der Waals surface area (Å²) in [5.41, 5.74) is 12.1. The molecule has 0 bridgehead atoms. The number of carboxylic acid groups (broad SMARTS) is 1. The average Bonchev–Trinajstić information content (AvgIpc) is 2.68. The van der Waals surface area contributed by atoms with Gasteiger partial charge < -0.3 is 26.6 Å². The fourth-order valence-electron chi connectivity index (χ4n) is 2.95. The maximum absolute atomic E-state index is 13.0. The molecule has 2 aromatic carbocycles. The number of carboxylic acids is 1. The summed E-state index contributed by atoms with van der Waals surface area (Å²) in [6, 6.07) is 14.5. The number of carbonyl (C=O) groups excluding carboxylic acids is 1. The summed E-state index contributed by atoms with van der Waals surface area (Å²) >= 11 is 0. The Morgan fingerprint density at radius 1 is 1.00 bits per heavy atom. The number of aromatic hydroxyl groups is 1. The highest BCUT2D eigenvalue weighted by molar-refractivity contribution is 5.85. The van der Waals surface area contributed by atoms with Crippen molar-refractivity contribution in [2.75, 3.05) is 6.54 Å². The number of rotatable bonds is 10. The van der Waals surface area contributed by atoms with Crippen LogP contribution in [-0.4, -0.2) is 45.5 Å². The number of guanidine groups is 1. The third kappa shape index (κ3) is 7.17. The van der Waals surface area contributed by atoms with Crippen LogP contribution in [-0.2, 0) is 22.6 Å². The number of carbonyl (C=O) groups is 2. The van der Waals surface area contributed by atoms with Crippen molar-refractivity contribution in [3.63, 3.8) is 0 Å². The third-order valence-electron chi connectivity index (χ3n) is 4.40. The first-order valence-electron chi connectivity index (χ1n) is 9.26. The normalized spacial score (nSPS) is 11.4. The predicted molar refractivity (Wildman–Crippen MR) is 110 cm³/mol. The first-order valence-corrected chi connectivity index (χ1v) is 9.26. The van der Waals surface area contributed by atoms with Gasteiger partial charge in [-0.25, -0.2) is 4.79 Å². The minimum Gasteiger partial charge on any atom is -0.508 e. The zero-order valence-corrected chi connectivity index (χ0v) is 16.1. The molecule has 0 aromatic heterocycles. The number of aliphatic imine (C=N–C) groups is 1. The molecule has 0 saturated carbocycles. The summed E-state index contributed by atoms with van der Waals surface area (Å²) in [6.07, 6.45) is 0.723. The lowest BCUT2D eigenvalue weighted by atomic mass is 10.1. The molecule has 0 unspecified atom stereocenters. The van der Waals surface area contributed by atoms with Crippen LogP contribution in [0.1, 0.15) is 24.0 Å². The van der Waals surface area contributed by atoms with E-state index in [4.69, 9.17) is 11.5 Å². The van der Waals surface area contributed by atoms with Gasteiger partial charge in [0.15, 0.2) is 5.96 Å². The number of nitrogens with two attached hydrogens (primary N) is 2. The van der Waals surface area contributed by atoms with Crippen LogP contribution < -0.4 is 11.5 Å². The molecule has 0 aliphatic carbocycles. The Hall–Kier alpha value is -3.55. The van der Waals surface area contributed by atoms with Gasteiger partial charge in [-0.15, -0.1) is 0 Å². The smallest absolute Gasteiger partial charge is 0.326 e. The molecule has 2 rings (SSSR count). The molecule has 0 spiro atoms. The summed E-state index contributed by atoms with van der Waals surface area (Å²) in [6.45, 7) is 0.400. The standard InChI is InChI=1S/C21H26N4O4/c22-21(23)24-12-4-7-18(20(28)29)25(14-16-8-10-17(26)11-9-16)19(27)13-15-5-2-1-3-6-15/h1-3,5-6,8-11,18,26H,4,7,12-14H2,(H,28,29)(H4,22,23,24)/t18-/m1/s1. The number of nitrogens with zero attached hydrogens (tertiary/aromatic N) is 2. The van der Waals surface area contributed by atoms with E-state index in [-0.39, 0.29) is 43.5 Å². The lowest BCUT2D eigenvalue weighted by Gasteiger charge is -2.29. The quantitative estimate of drug-likeness (QED) is 0.271. The molecule has 2 aromatic rings. The molecule has 0 radical (unpaired) electrons. The number of hydrogen-bond acceptors (Lipinski definition) is 4. The van der Waals surface area contributed by atoms with Crippen LogP contribution in [0.2, 0.25) is 0 Å². The van der Waals surface area contributed by atoms with Crippen molar-refractivity contribution in [3.05, 3.63) is 65.7 Å². The Morgan fingerprint density at radius 2 is 1.66 bits per heavy atom. The van der Waals surface area contributed by atoms with Crippen LogP contribution >= 0.6 is 0 Å². The second-order valence-corrected chi connectivity index (χ2v) is 6.65. The largest absolute Gasteiger partial charge is 0.508 e. The molecule has 8 nitrogen and oxygen atoms in total. The van der Waals surface area contributed by atoms with Gasteiger partial charge in [0.05, 0.1) is 6.42 Å². The van der Waals surface area contributed by atoms with Gasteiger partial charge in [0.1, 0.15) is 11.8 Å². The lowest BCUT2D eigenvalue weighted by Crippen LogP contribution is -2.45. The number of amides is 1. The van der Waals surface area contributed by atoms with Gasteiger partial charge in [-0.1, -0.05) is 42.5 Å². The minimum atomic E-state index is -1.09. The minimum absolute atomic E-state index is 0.0574. The van der Waals surface area contributed by atoms with Crippen molar-refractivity contribution in [2.24, 2.45) is 16.5 Å². The zero-order chi connectivity index (χ0) is 21.2. The number of benzene rings is 2. The monoisotopic (exact) mass is 398 g/mol. The SMILES string of the molecule is NC(N)=NCCC[C@H](C(=O)O)N(Cc1ccc(O)cc1)C(=O)Cc1ccccc1. The van der Waals surface area contributed by atoms with Crippen LogP contribution in [0.4, 0.5) is 0 Å². The molecule has 1 amide bonds. The first-order chi connectivity index (χ1) is 13.9. The molecule has 154 valence electrons. The summed E-state index contributed by atoms with van der Waals surface area (Å²) in [4.78, 5) is 30.2. The average molecular weight is 398 g/mol. The molecular formula is C21H26N4O4. The van der Waals surface area contributed by atoms with Crippen molar-refractivity contribution >= 4 is 17.8 Å². The van der Waals surface area contributed by atoms with Gasteiger partial charge in [0.25, 0.3) is 0 Å². The molecule has 29 heavy (non-hydrogen) atoms. The van der Waals surface area contributed by atoms with Gasteiger partial charge in [-0.3, -0.25) is 9.79 Å². The molecule has 0 saturated heterocycles. The van der Waals surface area contributed by atoms with Crippen LogP contribution in [0.5, 0.6) is 5.75 Å². The number of hydrogen-bond donors (Lipinski definition) is 4. The van der Waals surface area contributed by atoms with Gasteiger partial charge >= 0.3 is 5.97 Å². The van der Waals surface area contributed by atoms with Crippen LogP contribution in [0.25, 0.3) is 0 Å². The highest BCUT2D eigenvalue weighted by Crippen LogP contribution is 2.18. The van der Waals surface area contributed by atoms with E-state index in [9.17, 15) is 19.8 Å². The Kier molecular flexibility index (Phi) is 8.02. The second-order valence-electron chi connectivity index (χ2n) is 6.65. The van der Waals surface area contributed by atoms with E-state index in [0.717, 1.165) is 11.1 Å². The Bertz CT molecular complexity index is 834. The lowest BCUT2D eigenvalue weighted by molar-refractivity contribution is -0.151. The zero-order valence-electron chi connectivity index (χ0n) is 16.1. The highest BCUT2D eigenvalue weighted by atomic mass is 16.4. The van der Waals surface area contributed by atoms with E-state index in [2.05, 4.69) is 4.99 Å². The topological polar surface area (TPSA) is 142 Å². The molecule has 8 heteroatoms. The van der Waals surface area contributed by atoms with Crippen LogP contribution in [0.15, 0.2) is 59.6 Å². The molecule has 0 aliphatic rings. The van der Waals surface area contributed by atoms with E-state index in [1.165, 1.54) is 17.0 Å². The fourth-order valence-corrected chi connectivity index (χ4v) is 2.95. The van der Waals surface area contributed by atoms with Gasteiger partial charge in [-0.2, -0.15) is 0 Å². The number of phenolic OH excluding ortho intramolecular Hbond substituents is 1. The van der Waals surface area contributed by atoms with Gasteiger partial charge in [-0.05, 0) is 36.1 Å². The van der Waals surface area contributed by atoms with E-state index >= 15 is 0 Å². The Balaban J connectivity index is 2.21. The molecule has 1 atom stereocenters. The van der Waals surface area contributed by atoms with E-state index in [0.29, 0.717) is 6.42 Å². The maximum Gasteiger partial charge on any atom is 0.326 e. The summed E-state index contributed by atoms with van der Waals surface area (Å²) in [5.74, 6) is -1.34. The molecule has 0 fully saturated rings. The van der Waals surface area contributed by atoms with Crippen molar-refractivity contribution in [3.8, 4) is 5.75 Å². The van der Waals surface area contributed by atoms with Crippen molar-refractivity contribution in [1.82, 2.24) is 4.90 Å². The Labute approximate surface area is 169 Å². The van der Waals surface area contributed by atoms with E-state index < -0.39 is 12.0 Å². The summed E-state index contributed by atoms with van der Waals surface area (Å²) in [7, 11) is 0. The number of phenols is 1. The van der Waals surface area contributed by atoms with Crippen molar-refractivity contribution < 1.29 is 19.8 Å². The van der Waals surface area contributed by atoms with Crippen LogP contribution in [0.3, 0.4) is 0 Å².